The molecule has 4 rings (SSSR count). The van der Waals surface area contributed by atoms with Crippen molar-refractivity contribution in [2.45, 2.75) is 49.1 Å². The second-order valence-electron chi connectivity index (χ2n) is 12.5. The standard InChI is InChI=1S/C17H9BrF8N2O3.C10H4BrF10N.C7H3ClFNO3/c1-15(20,17(24,25)26)7-5-9(16(21,22)23)13(10(18)6-7)27-14(29)8-3-2-4-11(12(8)19)28(30)31;11-5-2-3(1-4(6(5)22)8(13,14)15)7(12,9(16,17)18)10(19,20)21;8-7(11)4-2-1-3-5(6(4)9)10(12)13/h2-6H,1H3,(H,27,29);1-2H,22H2;1-3H. The van der Waals surface area contributed by atoms with Gasteiger partial charge in [0.05, 0.1) is 43.5 Å². The number of amides is 1. The van der Waals surface area contributed by atoms with Gasteiger partial charge in [-0.3, -0.25) is 29.8 Å². The molecule has 1 unspecified atom stereocenters. The minimum atomic E-state index is -6.52. The molecule has 66 heavy (non-hydrogen) atoms. The molecule has 10 nitrogen and oxygen atoms in total. The number of carbonyl (C=O) groups is 2. The summed E-state index contributed by atoms with van der Waals surface area (Å²) in [6, 6.07) is 5.11. The highest BCUT2D eigenvalue weighted by molar-refractivity contribution is 9.11. The van der Waals surface area contributed by atoms with Crippen molar-refractivity contribution < 1.29 is 103 Å². The van der Waals surface area contributed by atoms with Crippen molar-refractivity contribution in [3.8, 4) is 0 Å². The summed E-state index contributed by atoms with van der Waals surface area (Å²) in [5, 5.41) is 21.6. The van der Waals surface area contributed by atoms with Crippen molar-refractivity contribution in [1.29, 1.82) is 0 Å². The molecule has 0 aliphatic carbocycles. The first-order chi connectivity index (χ1) is 29.5. The largest absolute Gasteiger partial charge is 0.435 e. The van der Waals surface area contributed by atoms with Gasteiger partial charge in [0.25, 0.3) is 11.1 Å². The number of nitro groups is 2. The molecule has 0 bridgehead atoms. The Kier molecular flexibility index (Phi) is 17.0. The second kappa shape index (κ2) is 19.8. The normalized spacial score (nSPS) is 13.3. The Morgan fingerprint density at radius 3 is 1.39 bits per heavy atom. The second-order valence-corrected chi connectivity index (χ2v) is 14.5. The van der Waals surface area contributed by atoms with Gasteiger partial charge in [-0.05, 0) is 92.3 Å². The van der Waals surface area contributed by atoms with Crippen molar-refractivity contribution in [3.05, 3.63) is 135 Å². The van der Waals surface area contributed by atoms with Crippen LogP contribution in [0.3, 0.4) is 0 Å². The predicted octanol–water partition coefficient (Wildman–Crippen LogP) is 14.0. The smallest absolute Gasteiger partial charge is 0.397 e. The zero-order valence-corrected chi connectivity index (χ0v) is 34.9. The zero-order valence-electron chi connectivity index (χ0n) is 31.0. The molecule has 0 aliphatic heterocycles. The van der Waals surface area contributed by atoms with Crippen LogP contribution < -0.4 is 11.1 Å². The number of alkyl halides is 17. The fraction of sp³-hybridized carbons (Fsp3) is 0.235. The highest BCUT2D eigenvalue weighted by atomic mass is 79.9. The summed E-state index contributed by atoms with van der Waals surface area (Å²) in [6.45, 7) is 0.0195. The highest BCUT2D eigenvalue weighted by Gasteiger charge is 2.73. The number of nitrogens with zero attached hydrogens (tertiary/aromatic N) is 2. The van der Waals surface area contributed by atoms with Gasteiger partial charge in [0.1, 0.15) is 0 Å². The van der Waals surface area contributed by atoms with E-state index in [-0.39, 0.29) is 19.1 Å². The van der Waals surface area contributed by atoms with E-state index in [1.165, 1.54) is 6.07 Å². The molecule has 3 N–H and O–H groups in total. The van der Waals surface area contributed by atoms with Crippen LogP contribution in [0.4, 0.5) is 106 Å². The molecule has 1 atom stereocenters. The Morgan fingerprint density at radius 1 is 0.621 bits per heavy atom. The van der Waals surface area contributed by atoms with Gasteiger partial charge in [0.15, 0.2) is 0 Å². The van der Waals surface area contributed by atoms with Gasteiger partial charge in [0, 0.05) is 26.6 Å². The Labute approximate surface area is 374 Å². The lowest BCUT2D eigenvalue weighted by Crippen LogP contribution is -2.50. The number of nitrogens with two attached hydrogens (primary N) is 1. The molecular formula is C34H16Br2ClF19N4O6. The molecule has 0 spiro atoms. The Balaban J connectivity index is 0.000000371. The number of rotatable bonds is 7. The molecule has 0 heterocycles. The third kappa shape index (κ3) is 12.3. The number of nitro benzene ring substituents is 2. The maximum Gasteiger partial charge on any atom is 0.435 e. The van der Waals surface area contributed by atoms with Crippen molar-refractivity contribution in [2.24, 2.45) is 0 Å². The SMILES string of the molecule is CC(F)(c1cc(Br)c(NC(=O)c2cccc([N+](=O)[O-])c2F)c(C(F)(F)F)c1)C(F)(F)F.Nc1c(Br)cc(C(F)(C(F)(F)F)C(F)(F)F)cc1C(F)(F)F.O=C(Cl)c1cccc([N+](=O)[O-])c1F. The van der Waals surface area contributed by atoms with Crippen LogP contribution in [0.15, 0.2) is 69.6 Å². The molecular weight excluding hydrogens is 1120 g/mol. The quantitative estimate of drug-likeness (QED) is 0.0613. The molecule has 0 aliphatic rings. The van der Waals surface area contributed by atoms with Crippen LogP contribution in [-0.2, 0) is 23.7 Å². The summed E-state index contributed by atoms with van der Waals surface area (Å²) in [5.74, 6) is -4.40. The number of halogens is 22. The number of hydrogen-bond acceptors (Lipinski definition) is 7. The van der Waals surface area contributed by atoms with Crippen molar-refractivity contribution in [1.82, 2.24) is 0 Å². The van der Waals surface area contributed by atoms with E-state index in [0.717, 1.165) is 24.3 Å². The van der Waals surface area contributed by atoms with Gasteiger partial charge >= 0.3 is 47.9 Å². The number of hydrogen-bond donors (Lipinski definition) is 2. The van der Waals surface area contributed by atoms with Gasteiger partial charge in [-0.2, -0.15) is 74.6 Å². The van der Waals surface area contributed by atoms with Gasteiger partial charge in [-0.25, -0.2) is 8.78 Å². The topological polar surface area (TPSA) is 158 Å². The summed E-state index contributed by atoms with van der Waals surface area (Å²) in [4.78, 5) is 41.7. The minimum Gasteiger partial charge on any atom is -0.397 e. The Morgan fingerprint density at radius 2 is 1.02 bits per heavy atom. The lowest BCUT2D eigenvalue weighted by atomic mass is 9.92. The van der Waals surface area contributed by atoms with E-state index in [2.05, 4.69) is 31.9 Å². The summed E-state index contributed by atoms with van der Waals surface area (Å²) in [7, 11) is 0. The molecule has 32 heteroatoms. The van der Waals surface area contributed by atoms with Crippen molar-refractivity contribution in [3.63, 3.8) is 0 Å². The predicted molar refractivity (Wildman–Crippen MR) is 196 cm³/mol. The summed E-state index contributed by atoms with van der Waals surface area (Å²) >= 11 is 9.83. The van der Waals surface area contributed by atoms with E-state index in [1.54, 1.807) is 5.32 Å². The molecule has 4 aromatic carbocycles. The zero-order chi connectivity index (χ0) is 51.7. The first-order valence-corrected chi connectivity index (χ1v) is 18.0. The van der Waals surface area contributed by atoms with E-state index in [1.807, 2.05) is 0 Å². The molecule has 1 amide bonds. The van der Waals surface area contributed by atoms with E-state index >= 15 is 0 Å². The first-order valence-electron chi connectivity index (χ1n) is 16.1. The maximum absolute atomic E-state index is 14.2. The van der Waals surface area contributed by atoms with Crippen LogP contribution in [0.2, 0.25) is 0 Å². The van der Waals surface area contributed by atoms with Gasteiger partial charge < -0.3 is 11.1 Å². The maximum atomic E-state index is 14.2. The Bertz CT molecular complexity index is 2480. The molecule has 0 saturated heterocycles. The molecule has 0 saturated carbocycles. The van der Waals surface area contributed by atoms with Gasteiger partial charge in [-0.15, -0.1) is 0 Å². The number of nitrogen functional groups attached to an aromatic ring is 1. The number of anilines is 2. The van der Waals surface area contributed by atoms with E-state index in [9.17, 15) is 113 Å². The van der Waals surface area contributed by atoms with Crippen LogP contribution in [0.25, 0.3) is 0 Å². The third-order valence-electron chi connectivity index (χ3n) is 8.13. The van der Waals surface area contributed by atoms with Gasteiger partial charge in [0.2, 0.25) is 17.3 Å². The van der Waals surface area contributed by atoms with Crippen LogP contribution in [0.1, 0.15) is 49.9 Å². The van der Waals surface area contributed by atoms with Gasteiger partial charge in [-0.1, -0.05) is 12.1 Å². The number of benzene rings is 4. The lowest BCUT2D eigenvalue weighted by Gasteiger charge is -2.31. The molecule has 362 valence electrons. The summed E-state index contributed by atoms with van der Waals surface area (Å²) in [6.07, 6.45) is -29.3. The lowest BCUT2D eigenvalue weighted by molar-refractivity contribution is -0.387. The molecule has 4 aromatic rings. The van der Waals surface area contributed by atoms with Crippen molar-refractivity contribution in [2.75, 3.05) is 11.1 Å². The van der Waals surface area contributed by atoms with Crippen molar-refractivity contribution >= 4 is 77.4 Å². The first kappa shape index (κ1) is 56.7. The highest BCUT2D eigenvalue weighted by Crippen LogP contribution is 2.55. The average Bonchev–Trinajstić information content (AvgIpc) is 3.14. The fourth-order valence-corrected chi connectivity index (χ4v) is 5.93. The number of nitrogens with one attached hydrogen (secondary N) is 1. The van der Waals surface area contributed by atoms with E-state index in [0.29, 0.717) is 12.1 Å². The third-order valence-corrected chi connectivity index (χ3v) is 9.61. The minimum absolute atomic E-state index is 0.0195. The monoisotopic (exact) mass is 1130 g/mol. The van der Waals surface area contributed by atoms with Crippen LogP contribution in [-0.4, -0.2) is 39.5 Å². The fourth-order valence-electron chi connectivity index (χ4n) is 4.76. The Hall–Kier alpha value is -5.46. The van der Waals surface area contributed by atoms with Crippen LogP contribution >= 0.6 is 43.5 Å². The average molecular weight is 1130 g/mol. The summed E-state index contributed by atoms with van der Waals surface area (Å²) < 4.78 is 245. The van der Waals surface area contributed by atoms with Crippen LogP contribution in [0.5, 0.6) is 0 Å². The molecule has 0 radical (unpaired) electrons. The van der Waals surface area contributed by atoms with E-state index in [4.69, 9.17) is 17.3 Å². The number of carbonyl (C=O) groups excluding carboxylic acids is 2. The molecule has 0 fully saturated rings. The van der Waals surface area contributed by atoms with E-state index < -0.39 is 146 Å². The van der Waals surface area contributed by atoms with Crippen LogP contribution in [0, 0.1) is 31.9 Å². The molecule has 0 aromatic heterocycles. The summed E-state index contributed by atoms with van der Waals surface area (Å²) in [5.41, 5.74) is -18.4.